The molecule has 0 unspecified atom stereocenters. The smallest absolute Gasteiger partial charge is 0.378 e. The van der Waals surface area contributed by atoms with Crippen LogP contribution in [0.5, 0.6) is 0 Å². The molecule has 1 heterocycles. The van der Waals surface area contributed by atoms with Crippen LogP contribution in [0.15, 0.2) is 36.7 Å². The van der Waals surface area contributed by atoms with Crippen LogP contribution in [0.4, 0.5) is 17.3 Å². The Morgan fingerprint density at radius 1 is 1.11 bits per heavy atom. The van der Waals surface area contributed by atoms with Gasteiger partial charge in [0.05, 0.1) is 32.2 Å². The molecule has 2 N–H and O–H groups in total. The molecule has 19 heavy (non-hydrogen) atoms. The zero-order chi connectivity index (χ0) is 13.1. The second-order valence-corrected chi connectivity index (χ2v) is 4.53. The van der Waals surface area contributed by atoms with Crippen LogP contribution in [0.1, 0.15) is 0 Å². The van der Waals surface area contributed by atoms with Crippen molar-refractivity contribution in [2.45, 2.75) is 0 Å². The number of benzene rings is 1. The quantitative estimate of drug-likeness (QED) is 0.663. The number of aryl methyl sites for hydroxylation is 2. The van der Waals surface area contributed by atoms with Gasteiger partial charge in [-0.15, -0.1) is 12.4 Å². The van der Waals surface area contributed by atoms with Gasteiger partial charge in [-0.2, -0.15) is 5.43 Å². The van der Waals surface area contributed by atoms with E-state index in [1.165, 1.54) is 5.69 Å². The highest BCUT2D eigenvalue weighted by molar-refractivity contribution is 5.85. The molecule has 0 spiro atoms. The summed E-state index contributed by atoms with van der Waals surface area (Å²) in [7, 11) is 8.06. The second-order valence-electron chi connectivity index (χ2n) is 4.53. The SMILES string of the molecule is CN(C)c1ccc(NNc2n(C)cc[n+]2C)cc1.Cl. The topological polar surface area (TPSA) is 36.1 Å². The second kappa shape index (κ2) is 6.33. The summed E-state index contributed by atoms with van der Waals surface area (Å²) >= 11 is 0. The van der Waals surface area contributed by atoms with Crippen LogP contribution in [-0.2, 0) is 14.1 Å². The molecule has 0 saturated heterocycles. The molecular formula is C13H21ClN5+. The number of hydrazine groups is 1. The third-order valence-corrected chi connectivity index (χ3v) is 2.88. The highest BCUT2D eigenvalue weighted by Crippen LogP contribution is 2.15. The Morgan fingerprint density at radius 3 is 2.21 bits per heavy atom. The van der Waals surface area contributed by atoms with Gasteiger partial charge in [0, 0.05) is 19.8 Å². The lowest BCUT2D eigenvalue weighted by Crippen LogP contribution is -2.32. The molecule has 0 aliphatic rings. The predicted octanol–water partition coefficient (Wildman–Crippen LogP) is 1.78. The fourth-order valence-corrected chi connectivity index (χ4v) is 1.74. The van der Waals surface area contributed by atoms with Gasteiger partial charge in [0.2, 0.25) is 0 Å². The molecule has 0 aliphatic heterocycles. The lowest BCUT2D eigenvalue weighted by molar-refractivity contribution is -0.656. The summed E-state index contributed by atoms with van der Waals surface area (Å²) in [4.78, 5) is 2.08. The molecule has 6 heteroatoms. The summed E-state index contributed by atoms with van der Waals surface area (Å²) in [6, 6.07) is 8.25. The summed E-state index contributed by atoms with van der Waals surface area (Å²) in [6.45, 7) is 0. The van der Waals surface area contributed by atoms with Crippen molar-refractivity contribution in [1.82, 2.24) is 4.57 Å². The van der Waals surface area contributed by atoms with Gasteiger partial charge < -0.3 is 4.90 Å². The number of anilines is 3. The fourth-order valence-electron chi connectivity index (χ4n) is 1.74. The predicted molar refractivity (Wildman–Crippen MR) is 81.9 cm³/mol. The molecule has 1 aromatic heterocycles. The first-order valence-electron chi connectivity index (χ1n) is 5.88. The monoisotopic (exact) mass is 282 g/mol. The number of hydrogen-bond donors (Lipinski definition) is 2. The van der Waals surface area contributed by atoms with Crippen molar-refractivity contribution in [3.05, 3.63) is 36.7 Å². The van der Waals surface area contributed by atoms with Gasteiger partial charge >= 0.3 is 5.95 Å². The van der Waals surface area contributed by atoms with Crippen LogP contribution in [0.25, 0.3) is 0 Å². The Kier molecular flexibility index (Phi) is 5.06. The van der Waals surface area contributed by atoms with Crippen LogP contribution >= 0.6 is 12.4 Å². The average Bonchev–Trinajstić information content (AvgIpc) is 2.67. The Morgan fingerprint density at radius 2 is 1.74 bits per heavy atom. The van der Waals surface area contributed by atoms with Crippen LogP contribution in [0.3, 0.4) is 0 Å². The highest BCUT2D eigenvalue weighted by atomic mass is 35.5. The number of rotatable bonds is 4. The minimum absolute atomic E-state index is 0. The molecule has 0 bridgehead atoms. The minimum atomic E-state index is 0. The maximum absolute atomic E-state index is 3.19. The lowest BCUT2D eigenvalue weighted by Gasteiger charge is -2.12. The molecule has 0 fully saturated rings. The van der Waals surface area contributed by atoms with Crippen molar-refractivity contribution in [1.29, 1.82) is 0 Å². The summed E-state index contributed by atoms with van der Waals surface area (Å²) in [5.41, 5.74) is 8.59. The van der Waals surface area contributed by atoms with E-state index in [4.69, 9.17) is 0 Å². The number of halogens is 1. The van der Waals surface area contributed by atoms with Crippen molar-refractivity contribution in [2.75, 3.05) is 29.8 Å². The van der Waals surface area contributed by atoms with Gasteiger partial charge in [0.1, 0.15) is 0 Å². The fraction of sp³-hybridized carbons (Fsp3) is 0.308. The summed E-state index contributed by atoms with van der Waals surface area (Å²) in [5, 5.41) is 0. The molecule has 0 amide bonds. The summed E-state index contributed by atoms with van der Waals surface area (Å²) in [6.07, 6.45) is 4.00. The van der Waals surface area contributed by atoms with Crippen molar-refractivity contribution < 1.29 is 4.57 Å². The van der Waals surface area contributed by atoms with Crippen molar-refractivity contribution in [2.24, 2.45) is 14.1 Å². The minimum Gasteiger partial charge on any atom is -0.378 e. The number of nitrogens with zero attached hydrogens (tertiary/aromatic N) is 3. The lowest BCUT2D eigenvalue weighted by atomic mass is 10.3. The van der Waals surface area contributed by atoms with E-state index in [1.54, 1.807) is 0 Å². The van der Waals surface area contributed by atoms with E-state index >= 15 is 0 Å². The van der Waals surface area contributed by atoms with Gasteiger partial charge in [0.25, 0.3) is 0 Å². The zero-order valence-electron chi connectivity index (χ0n) is 11.7. The number of imidazole rings is 1. The molecule has 104 valence electrons. The summed E-state index contributed by atoms with van der Waals surface area (Å²) < 4.78 is 4.03. The molecule has 1 aromatic carbocycles. The van der Waals surface area contributed by atoms with E-state index in [2.05, 4.69) is 27.9 Å². The first-order chi connectivity index (χ1) is 8.58. The first-order valence-corrected chi connectivity index (χ1v) is 5.88. The molecule has 0 saturated carbocycles. The zero-order valence-corrected chi connectivity index (χ0v) is 12.5. The van der Waals surface area contributed by atoms with Gasteiger partial charge in [-0.3, -0.25) is 5.43 Å². The highest BCUT2D eigenvalue weighted by Gasteiger charge is 2.09. The van der Waals surface area contributed by atoms with E-state index < -0.39 is 0 Å². The van der Waals surface area contributed by atoms with Crippen LogP contribution in [-0.4, -0.2) is 18.7 Å². The molecule has 2 rings (SSSR count). The van der Waals surface area contributed by atoms with E-state index in [9.17, 15) is 0 Å². The van der Waals surface area contributed by atoms with Crippen molar-refractivity contribution >= 4 is 29.7 Å². The van der Waals surface area contributed by atoms with Gasteiger partial charge in [-0.1, -0.05) is 0 Å². The van der Waals surface area contributed by atoms with Gasteiger partial charge in [-0.25, -0.2) is 9.13 Å². The maximum atomic E-state index is 3.19. The number of hydrogen-bond acceptors (Lipinski definition) is 3. The van der Waals surface area contributed by atoms with Crippen LogP contribution in [0.2, 0.25) is 0 Å². The van der Waals surface area contributed by atoms with E-state index in [0.29, 0.717) is 0 Å². The summed E-state index contributed by atoms with van der Waals surface area (Å²) in [5.74, 6) is 0.992. The Hall–Kier alpha value is -1.88. The Bertz CT molecular complexity index is 499. The van der Waals surface area contributed by atoms with Gasteiger partial charge in [-0.05, 0) is 24.3 Å². The number of aromatic nitrogens is 2. The van der Waals surface area contributed by atoms with Crippen LogP contribution in [0, 0.1) is 0 Å². The molecule has 5 nitrogen and oxygen atoms in total. The third kappa shape index (κ3) is 3.54. The standard InChI is InChI=1S/C13H19N5.ClH/c1-16(2)12-7-5-11(6-8-12)14-15-13-17(3)9-10-18(13)4;/h5-10,14H,1-4H3;1H/p+1. The molecule has 0 radical (unpaired) electrons. The van der Waals surface area contributed by atoms with E-state index in [0.717, 1.165) is 11.6 Å². The van der Waals surface area contributed by atoms with Crippen molar-refractivity contribution in [3.8, 4) is 0 Å². The maximum Gasteiger partial charge on any atom is 0.378 e. The largest absolute Gasteiger partial charge is 0.378 e. The Balaban J connectivity index is 0.00000180. The van der Waals surface area contributed by atoms with E-state index in [1.807, 2.05) is 61.9 Å². The third-order valence-electron chi connectivity index (χ3n) is 2.88. The normalized spacial score (nSPS) is 9.68. The van der Waals surface area contributed by atoms with Crippen LogP contribution < -0.4 is 20.3 Å². The van der Waals surface area contributed by atoms with Crippen molar-refractivity contribution in [3.63, 3.8) is 0 Å². The Labute approximate surface area is 120 Å². The van der Waals surface area contributed by atoms with E-state index in [-0.39, 0.29) is 12.4 Å². The molecule has 0 aliphatic carbocycles. The molecular weight excluding hydrogens is 262 g/mol. The number of nitrogens with one attached hydrogen (secondary N) is 2. The molecule has 0 atom stereocenters. The first kappa shape index (κ1) is 15.2. The van der Waals surface area contributed by atoms with Gasteiger partial charge in [0.15, 0.2) is 0 Å². The average molecular weight is 283 g/mol. The molecule has 2 aromatic rings.